The first-order valence-electron chi connectivity index (χ1n) is 3.53. The Kier molecular flexibility index (Phi) is 2.63. The predicted molar refractivity (Wildman–Crippen MR) is 44.3 cm³/mol. The molecule has 12 heavy (non-hydrogen) atoms. The zero-order valence-corrected chi connectivity index (χ0v) is 6.74. The monoisotopic (exact) mass is 169 g/mol. The van der Waals surface area contributed by atoms with E-state index in [0.717, 1.165) is 0 Å². The van der Waals surface area contributed by atoms with Crippen molar-refractivity contribution in [3.8, 4) is 0 Å². The van der Waals surface area contributed by atoms with Gasteiger partial charge in [-0.25, -0.2) is 0 Å². The van der Waals surface area contributed by atoms with Crippen LogP contribution >= 0.6 is 0 Å². The van der Waals surface area contributed by atoms with Gasteiger partial charge in [-0.15, -0.1) is 0 Å². The Bertz CT molecular complexity index is 253. The second-order valence-corrected chi connectivity index (χ2v) is 2.42. The summed E-state index contributed by atoms with van der Waals surface area (Å²) >= 11 is 0. The number of aliphatic hydroxyl groups excluding tert-OH is 2. The van der Waals surface area contributed by atoms with Crippen LogP contribution in [0.1, 0.15) is 6.92 Å². The van der Waals surface area contributed by atoms with E-state index in [1.807, 2.05) is 0 Å². The standard InChI is InChI=1S/C8H11NO3/c1-6-3-9-4-7(10)2-8(11)5-12-6/h2-4,9-11H,5H2,1H3/b6-3-,7-4+,8-2+. The molecule has 0 radical (unpaired) electrons. The minimum absolute atomic E-state index is 0.0137. The molecule has 0 fully saturated rings. The number of allylic oxidation sites excluding steroid dienone is 2. The Morgan fingerprint density at radius 3 is 2.92 bits per heavy atom. The summed E-state index contributed by atoms with van der Waals surface area (Å²) in [6, 6.07) is 0. The summed E-state index contributed by atoms with van der Waals surface area (Å²) in [4.78, 5) is 0. The quantitative estimate of drug-likeness (QED) is 0.511. The molecule has 1 rings (SSSR count). The van der Waals surface area contributed by atoms with Crippen molar-refractivity contribution >= 4 is 0 Å². The van der Waals surface area contributed by atoms with Gasteiger partial charge in [0.25, 0.3) is 0 Å². The molecule has 1 aliphatic heterocycles. The first kappa shape index (κ1) is 8.52. The number of aliphatic hydroxyl groups is 2. The van der Waals surface area contributed by atoms with Crippen LogP contribution in [0.15, 0.2) is 35.8 Å². The second-order valence-electron chi connectivity index (χ2n) is 2.42. The van der Waals surface area contributed by atoms with Crippen LogP contribution in [0, 0.1) is 0 Å². The highest BCUT2D eigenvalue weighted by atomic mass is 16.5. The molecule has 0 aromatic rings. The van der Waals surface area contributed by atoms with Gasteiger partial charge in [0.05, 0.1) is 0 Å². The van der Waals surface area contributed by atoms with Gasteiger partial charge in [0, 0.05) is 18.5 Å². The molecular formula is C8H11NO3. The van der Waals surface area contributed by atoms with Crippen LogP contribution in [-0.4, -0.2) is 16.8 Å². The number of hydrogen-bond acceptors (Lipinski definition) is 4. The third-order valence-electron chi connectivity index (χ3n) is 1.28. The molecule has 66 valence electrons. The number of hydrogen-bond donors (Lipinski definition) is 3. The van der Waals surface area contributed by atoms with E-state index in [-0.39, 0.29) is 18.1 Å². The summed E-state index contributed by atoms with van der Waals surface area (Å²) in [7, 11) is 0. The van der Waals surface area contributed by atoms with Crippen LogP contribution < -0.4 is 5.32 Å². The molecule has 0 saturated heterocycles. The van der Waals surface area contributed by atoms with Crippen molar-refractivity contribution in [1.29, 1.82) is 0 Å². The van der Waals surface area contributed by atoms with Crippen molar-refractivity contribution in [2.24, 2.45) is 0 Å². The molecule has 0 bridgehead atoms. The second kappa shape index (κ2) is 3.71. The molecule has 3 N–H and O–H groups in total. The van der Waals surface area contributed by atoms with Gasteiger partial charge in [-0.05, 0) is 6.92 Å². The maximum atomic E-state index is 9.11. The van der Waals surface area contributed by atoms with E-state index in [0.29, 0.717) is 5.76 Å². The zero-order chi connectivity index (χ0) is 8.97. The third kappa shape index (κ3) is 2.57. The summed E-state index contributed by atoms with van der Waals surface area (Å²) in [6.07, 6.45) is 4.16. The molecule has 1 heterocycles. The first-order chi connectivity index (χ1) is 5.68. The van der Waals surface area contributed by atoms with Gasteiger partial charge in [0.1, 0.15) is 23.9 Å². The van der Waals surface area contributed by atoms with Gasteiger partial charge in [0.2, 0.25) is 0 Å². The van der Waals surface area contributed by atoms with Crippen molar-refractivity contribution in [2.45, 2.75) is 6.92 Å². The SMILES string of the molecule is C/C1=C/N/C=C(O)\C=C(\O)CO1. The van der Waals surface area contributed by atoms with Gasteiger partial charge < -0.3 is 20.3 Å². The average molecular weight is 169 g/mol. The summed E-state index contributed by atoms with van der Waals surface area (Å²) < 4.78 is 5.06. The first-order valence-corrected chi connectivity index (χ1v) is 3.53. The lowest BCUT2D eigenvalue weighted by molar-refractivity contribution is 0.194. The smallest absolute Gasteiger partial charge is 0.145 e. The molecule has 0 aromatic heterocycles. The van der Waals surface area contributed by atoms with Crippen molar-refractivity contribution in [3.05, 3.63) is 35.8 Å². The minimum Gasteiger partial charge on any atom is -0.509 e. The van der Waals surface area contributed by atoms with Crippen LogP contribution in [0.25, 0.3) is 0 Å². The molecule has 0 saturated carbocycles. The van der Waals surface area contributed by atoms with Crippen LogP contribution in [0.4, 0.5) is 0 Å². The maximum absolute atomic E-state index is 9.11. The molecule has 0 aromatic carbocycles. The lowest BCUT2D eigenvalue weighted by Gasteiger charge is -2.03. The molecule has 4 nitrogen and oxygen atoms in total. The Hall–Kier alpha value is -1.58. The lowest BCUT2D eigenvalue weighted by Crippen LogP contribution is -1.98. The number of rotatable bonds is 0. The summed E-state index contributed by atoms with van der Waals surface area (Å²) in [6.45, 7) is 1.82. The molecule has 0 unspecified atom stereocenters. The molecule has 0 aliphatic carbocycles. The van der Waals surface area contributed by atoms with Crippen molar-refractivity contribution < 1.29 is 14.9 Å². The fraction of sp³-hybridized carbons (Fsp3) is 0.250. The molecular weight excluding hydrogens is 158 g/mol. The van der Waals surface area contributed by atoms with Gasteiger partial charge in [-0.2, -0.15) is 0 Å². The third-order valence-corrected chi connectivity index (χ3v) is 1.28. The molecule has 1 aliphatic rings. The number of nitrogens with one attached hydrogen (secondary N) is 1. The van der Waals surface area contributed by atoms with Gasteiger partial charge in [-0.3, -0.25) is 0 Å². The molecule has 0 spiro atoms. The fourth-order valence-corrected chi connectivity index (χ4v) is 0.728. The van der Waals surface area contributed by atoms with E-state index < -0.39 is 0 Å². The predicted octanol–water partition coefficient (Wildman–Crippen LogP) is 1.31. The molecule has 0 amide bonds. The highest BCUT2D eigenvalue weighted by Gasteiger charge is 1.99. The Balaban J connectivity index is 2.77. The van der Waals surface area contributed by atoms with Crippen molar-refractivity contribution in [2.75, 3.05) is 6.61 Å². The van der Waals surface area contributed by atoms with E-state index >= 15 is 0 Å². The van der Waals surface area contributed by atoms with Crippen molar-refractivity contribution in [3.63, 3.8) is 0 Å². The topological polar surface area (TPSA) is 61.7 Å². The summed E-state index contributed by atoms with van der Waals surface area (Å²) in [5.41, 5.74) is 0. The number of ether oxygens (including phenoxy) is 1. The van der Waals surface area contributed by atoms with Crippen LogP contribution in [0.5, 0.6) is 0 Å². The minimum atomic E-state index is -0.0398. The van der Waals surface area contributed by atoms with E-state index in [4.69, 9.17) is 14.9 Å². The van der Waals surface area contributed by atoms with Crippen LogP contribution in [-0.2, 0) is 4.74 Å². The molecule has 0 atom stereocenters. The maximum Gasteiger partial charge on any atom is 0.145 e. The summed E-state index contributed by atoms with van der Waals surface area (Å²) in [5.74, 6) is 0.586. The lowest BCUT2D eigenvalue weighted by atomic mass is 10.4. The van der Waals surface area contributed by atoms with E-state index in [1.54, 1.807) is 13.1 Å². The highest BCUT2D eigenvalue weighted by Crippen LogP contribution is 2.03. The Labute approximate surface area is 70.5 Å². The van der Waals surface area contributed by atoms with E-state index in [9.17, 15) is 0 Å². The normalized spacial score (nSPS) is 31.2. The van der Waals surface area contributed by atoms with Gasteiger partial charge in [-0.1, -0.05) is 0 Å². The highest BCUT2D eigenvalue weighted by molar-refractivity contribution is 5.15. The Morgan fingerprint density at radius 1 is 1.42 bits per heavy atom. The van der Waals surface area contributed by atoms with E-state index in [2.05, 4.69) is 5.32 Å². The van der Waals surface area contributed by atoms with Gasteiger partial charge >= 0.3 is 0 Å². The van der Waals surface area contributed by atoms with Crippen LogP contribution in [0.2, 0.25) is 0 Å². The molecule has 4 heteroatoms. The largest absolute Gasteiger partial charge is 0.509 e. The van der Waals surface area contributed by atoms with Gasteiger partial charge in [0.15, 0.2) is 0 Å². The van der Waals surface area contributed by atoms with Crippen molar-refractivity contribution in [1.82, 2.24) is 5.32 Å². The van der Waals surface area contributed by atoms with Crippen LogP contribution in [0.3, 0.4) is 0 Å². The van der Waals surface area contributed by atoms with E-state index in [1.165, 1.54) is 12.3 Å². The average Bonchev–Trinajstić information content (AvgIpc) is 2.05. The zero-order valence-electron chi connectivity index (χ0n) is 6.74. The summed E-state index contributed by atoms with van der Waals surface area (Å²) in [5, 5.41) is 20.9. The fourth-order valence-electron chi connectivity index (χ4n) is 0.728. The Morgan fingerprint density at radius 2 is 2.17 bits per heavy atom.